The van der Waals surface area contributed by atoms with E-state index in [0.29, 0.717) is 6.54 Å². The Morgan fingerprint density at radius 3 is 2.75 bits per heavy atom. The largest absolute Gasteiger partial charge is 0.381 e. The van der Waals surface area contributed by atoms with Crippen LogP contribution >= 0.6 is 0 Å². The molecule has 1 aromatic carbocycles. The molecule has 0 aliphatic rings. The molecule has 0 heterocycles. The molecule has 1 atom stereocenters. The first-order valence-corrected chi connectivity index (χ1v) is 5.37. The Morgan fingerprint density at radius 2 is 2.19 bits per heavy atom. The molecule has 4 heteroatoms. The molecule has 0 fully saturated rings. The van der Waals surface area contributed by atoms with Crippen LogP contribution in [0.4, 0.5) is 11.4 Å². The van der Waals surface area contributed by atoms with Gasteiger partial charge in [-0.2, -0.15) is 0 Å². The molecule has 4 N–H and O–H groups in total. The van der Waals surface area contributed by atoms with Crippen LogP contribution in [-0.4, -0.2) is 18.5 Å². The summed E-state index contributed by atoms with van der Waals surface area (Å²) >= 11 is 0. The van der Waals surface area contributed by atoms with Crippen molar-refractivity contribution < 1.29 is 4.79 Å². The van der Waals surface area contributed by atoms with Gasteiger partial charge in [0.2, 0.25) is 5.91 Å². The molecule has 1 aromatic rings. The molecule has 0 aliphatic carbocycles. The number of hydrogen-bond donors (Lipinski definition) is 3. The molecule has 1 amide bonds. The molecular formula is C12H19N3O. The van der Waals surface area contributed by atoms with E-state index in [9.17, 15) is 4.79 Å². The summed E-state index contributed by atoms with van der Waals surface area (Å²) in [6.45, 7) is 6.05. The van der Waals surface area contributed by atoms with Gasteiger partial charge >= 0.3 is 0 Å². The molecule has 88 valence electrons. The Balaban J connectivity index is 2.84. The molecule has 0 aromatic heterocycles. The Bertz CT molecular complexity index is 377. The third-order valence-corrected chi connectivity index (χ3v) is 2.31. The van der Waals surface area contributed by atoms with E-state index < -0.39 is 0 Å². The number of amides is 1. The monoisotopic (exact) mass is 221 g/mol. The van der Waals surface area contributed by atoms with Crippen LogP contribution in [0, 0.1) is 6.92 Å². The van der Waals surface area contributed by atoms with Gasteiger partial charge in [-0.25, -0.2) is 0 Å². The molecule has 0 bridgehead atoms. The number of carbonyl (C=O) groups excluding carboxylic acids is 1. The van der Waals surface area contributed by atoms with Gasteiger partial charge in [0.1, 0.15) is 0 Å². The van der Waals surface area contributed by atoms with Crippen LogP contribution in [0.3, 0.4) is 0 Å². The molecule has 0 spiro atoms. The van der Waals surface area contributed by atoms with Crippen LogP contribution in [0.1, 0.15) is 19.4 Å². The topological polar surface area (TPSA) is 67.2 Å². The van der Waals surface area contributed by atoms with Crippen molar-refractivity contribution in [3.8, 4) is 0 Å². The summed E-state index contributed by atoms with van der Waals surface area (Å²) in [7, 11) is 0. The highest BCUT2D eigenvalue weighted by molar-refractivity contribution is 5.90. The third-order valence-electron chi connectivity index (χ3n) is 2.31. The summed E-state index contributed by atoms with van der Waals surface area (Å²) in [5.41, 5.74) is 8.38. The molecular weight excluding hydrogens is 202 g/mol. The van der Waals surface area contributed by atoms with E-state index in [1.54, 1.807) is 0 Å². The van der Waals surface area contributed by atoms with E-state index in [4.69, 9.17) is 5.73 Å². The zero-order valence-corrected chi connectivity index (χ0v) is 10.0. The van der Waals surface area contributed by atoms with Gasteiger partial charge in [0.25, 0.3) is 0 Å². The summed E-state index contributed by atoms with van der Waals surface area (Å²) in [5.74, 6) is -0.0628. The minimum atomic E-state index is -0.0628. The van der Waals surface area contributed by atoms with Crippen LogP contribution in [0.25, 0.3) is 0 Å². The Labute approximate surface area is 96.2 Å². The van der Waals surface area contributed by atoms with Crippen molar-refractivity contribution >= 4 is 17.3 Å². The highest BCUT2D eigenvalue weighted by Crippen LogP contribution is 2.20. The van der Waals surface area contributed by atoms with E-state index in [0.717, 1.165) is 16.9 Å². The van der Waals surface area contributed by atoms with Crippen LogP contribution in [0.15, 0.2) is 18.2 Å². The maximum absolute atomic E-state index is 11.0. The number of rotatable bonds is 4. The lowest BCUT2D eigenvalue weighted by atomic mass is 10.1. The van der Waals surface area contributed by atoms with Gasteiger partial charge in [-0.15, -0.1) is 0 Å². The Kier molecular flexibility index (Phi) is 4.31. The fourth-order valence-electron chi connectivity index (χ4n) is 1.38. The van der Waals surface area contributed by atoms with Gasteiger partial charge in [-0.05, 0) is 31.5 Å². The molecule has 16 heavy (non-hydrogen) atoms. The van der Waals surface area contributed by atoms with Crippen LogP contribution in [0.5, 0.6) is 0 Å². The van der Waals surface area contributed by atoms with Crippen molar-refractivity contribution in [3.63, 3.8) is 0 Å². The fourth-order valence-corrected chi connectivity index (χ4v) is 1.38. The first kappa shape index (κ1) is 12.5. The van der Waals surface area contributed by atoms with Crippen molar-refractivity contribution in [1.29, 1.82) is 0 Å². The zero-order valence-electron chi connectivity index (χ0n) is 10.0. The lowest BCUT2D eigenvalue weighted by Crippen LogP contribution is -2.25. The van der Waals surface area contributed by atoms with E-state index in [2.05, 4.69) is 10.6 Å². The summed E-state index contributed by atoms with van der Waals surface area (Å²) in [5, 5.41) is 6.05. The third kappa shape index (κ3) is 3.55. The van der Waals surface area contributed by atoms with Crippen molar-refractivity contribution in [2.24, 2.45) is 5.73 Å². The SMILES string of the molecule is CC(=O)Nc1cc(NC(C)CN)ccc1C. The van der Waals surface area contributed by atoms with Gasteiger partial charge in [0, 0.05) is 30.9 Å². The first-order valence-electron chi connectivity index (χ1n) is 5.37. The van der Waals surface area contributed by atoms with E-state index >= 15 is 0 Å². The molecule has 1 unspecified atom stereocenters. The number of anilines is 2. The van der Waals surface area contributed by atoms with E-state index in [-0.39, 0.29) is 11.9 Å². The highest BCUT2D eigenvalue weighted by atomic mass is 16.1. The minimum Gasteiger partial charge on any atom is -0.381 e. The molecule has 0 saturated heterocycles. The summed E-state index contributed by atoms with van der Waals surface area (Å²) < 4.78 is 0. The number of nitrogens with one attached hydrogen (secondary N) is 2. The second kappa shape index (κ2) is 5.51. The zero-order chi connectivity index (χ0) is 12.1. The summed E-state index contributed by atoms with van der Waals surface area (Å²) in [6, 6.07) is 6.08. The number of nitrogens with two attached hydrogens (primary N) is 1. The average molecular weight is 221 g/mol. The Morgan fingerprint density at radius 1 is 1.50 bits per heavy atom. The molecule has 0 aliphatic heterocycles. The maximum atomic E-state index is 11.0. The quantitative estimate of drug-likeness (QED) is 0.725. The second-order valence-corrected chi connectivity index (χ2v) is 3.99. The summed E-state index contributed by atoms with van der Waals surface area (Å²) in [6.07, 6.45) is 0. The van der Waals surface area contributed by atoms with Crippen molar-refractivity contribution in [3.05, 3.63) is 23.8 Å². The predicted molar refractivity (Wildman–Crippen MR) is 67.6 cm³/mol. The summed E-state index contributed by atoms with van der Waals surface area (Å²) in [4.78, 5) is 11.0. The molecule has 0 saturated carbocycles. The van der Waals surface area contributed by atoms with Gasteiger partial charge in [-0.1, -0.05) is 6.07 Å². The fraction of sp³-hybridized carbons (Fsp3) is 0.417. The maximum Gasteiger partial charge on any atom is 0.221 e. The number of carbonyl (C=O) groups is 1. The highest BCUT2D eigenvalue weighted by Gasteiger charge is 2.04. The Hall–Kier alpha value is -1.55. The number of hydrogen-bond acceptors (Lipinski definition) is 3. The van der Waals surface area contributed by atoms with Gasteiger partial charge < -0.3 is 16.4 Å². The van der Waals surface area contributed by atoms with Crippen molar-refractivity contribution in [2.45, 2.75) is 26.8 Å². The van der Waals surface area contributed by atoms with Gasteiger partial charge in [0.15, 0.2) is 0 Å². The number of benzene rings is 1. The van der Waals surface area contributed by atoms with Gasteiger partial charge in [-0.3, -0.25) is 4.79 Å². The van der Waals surface area contributed by atoms with Gasteiger partial charge in [0.05, 0.1) is 0 Å². The molecule has 1 rings (SSSR count). The average Bonchev–Trinajstić information content (AvgIpc) is 2.22. The van der Waals surface area contributed by atoms with E-state index in [1.807, 2.05) is 32.0 Å². The molecule has 4 nitrogen and oxygen atoms in total. The first-order chi connectivity index (χ1) is 7.52. The van der Waals surface area contributed by atoms with E-state index in [1.165, 1.54) is 6.92 Å². The second-order valence-electron chi connectivity index (χ2n) is 3.99. The normalized spacial score (nSPS) is 12.0. The van der Waals surface area contributed by atoms with Crippen molar-refractivity contribution in [2.75, 3.05) is 17.2 Å². The standard InChI is InChI=1S/C12H19N3O/c1-8-4-5-11(14-9(2)7-13)6-12(8)15-10(3)16/h4-6,9,14H,7,13H2,1-3H3,(H,15,16). The minimum absolute atomic E-state index is 0.0628. The molecule has 0 radical (unpaired) electrons. The predicted octanol–water partition coefficient (Wildman–Crippen LogP) is 1.71. The van der Waals surface area contributed by atoms with Crippen molar-refractivity contribution in [1.82, 2.24) is 0 Å². The van der Waals surface area contributed by atoms with Crippen LogP contribution in [0.2, 0.25) is 0 Å². The number of aryl methyl sites for hydroxylation is 1. The van der Waals surface area contributed by atoms with Crippen LogP contribution < -0.4 is 16.4 Å². The van der Waals surface area contributed by atoms with Crippen LogP contribution in [-0.2, 0) is 4.79 Å². The smallest absolute Gasteiger partial charge is 0.221 e. The lowest BCUT2D eigenvalue weighted by Gasteiger charge is -2.15. The lowest BCUT2D eigenvalue weighted by molar-refractivity contribution is -0.114.